The first-order valence-electron chi connectivity index (χ1n) is 11.2. The minimum atomic E-state index is -0.338. The molecule has 0 radical (unpaired) electrons. The van der Waals surface area contributed by atoms with Crippen molar-refractivity contribution in [3.05, 3.63) is 52.0 Å². The van der Waals surface area contributed by atoms with Crippen LogP contribution in [0.1, 0.15) is 40.9 Å². The molecular weight excluding hydrogens is 429 g/mol. The predicted octanol–water partition coefficient (Wildman–Crippen LogP) is 3.53. The summed E-state index contributed by atoms with van der Waals surface area (Å²) in [5.74, 6) is 0.0849. The van der Waals surface area contributed by atoms with Crippen LogP contribution in [0.2, 0.25) is 0 Å². The van der Waals surface area contributed by atoms with Gasteiger partial charge in [0.1, 0.15) is 0 Å². The Hall–Kier alpha value is -2.45. The highest BCUT2D eigenvalue weighted by Gasteiger charge is 2.30. The van der Waals surface area contributed by atoms with Gasteiger partial charge >= 0.3 is 0 Å². The minimum Gasteiger partial charge on any atom is -0.494 e. The average molecular weight is 460 g/mol. The molecule has 0 aliphatic carbocycles. The van der Waals surface area contributed by atoms with Gasteiger partial charge in [-0.15, -0.1) is 11.3 Å². The van der Waals surface area contributed by atoms with Gasteiger partial charge in [0.15, 0.2) is 11.6 Å². The Morgan fingerprint density at radius 3 is 2.50 bits per heavy atom. The molecule has 8 heteroatoms. The van der Waals surface area contributed by atoms with Crippen LogP contribution in [0.25, 0.3) is 0 Å². The van der Waals surface area contributed by atoms with Crippen molar-refractivity contribution in [3.63, 3.8) is 0 Å². The van der Waals surface area contributed by atoms with Crippen molar-refractivity contribution in [2.24, 2.45) is 5.92 Å². The van der Waals surface area contributed by atoms with Crippen LogP contribution < -0.4 is 10.1 Å². The number of ether oxygens (including phenoxy) is 1. The molecule has 3 heterocycles. The maximum atomic E-state index is 13.9. The fourth-order valence-corrected chi connectivity index (χ4v) is 5.21. The van der Waals surface area contributed by atoms with E-state index >= 15 is 0 Å². The zero-order valence-electron chi connectivity index (χ0n) is 18.4. The summed E-state index contributed by atoms with van der Waals surface area (Å²) in [4.78, 5) is 30.1. The van der Waals surface area contributed by atoms with Gasteiger partial charge in [0.25, 0.3) is 5.91 Å². The number of thiophene rings is 1. The number of rotatable bonds is 6. The first-order valence-corrected chi connectivity index (χ1v) is 12.1. The van der Waals surface area contributed by atoms with E-state index in [1.807, 2.05) is 28.5 Å². The SMILES string of the molecule is COc1ccc(CN2CCC(NC(=O)C3CCN(C(=O)c4cccs4)CC3)CC2)cc1F. The normalized spacial score (nSPS) is 18.5. The van der Waals surface area contributed by atoms with Crippen LogP contribution in [0.3, 0.4) is 0 Å². The largest absolute Gasteiger partial charge is 0.494 e. The Morgan fingerprint density at radius 1 is 1.12 bits per heavy atom. The summed E-state index contributed by atoms with van der Waals surface area (Å²) in [6, 6.07) is 9.00. The highest BCUT2D eigenvalue weighted by Crippen LogP contribution is 2.23. The molecule has 2 amide bonds. The van der Waals surface area contributed by atoms with Gasteiger partial charge in [-0.1, -0.05) is 12.1 Å². The van der Waals surface area contributed by atoms with E-state index in [4.69, 9.17) is 4.74 Å². The number of carbonyl (C=O) groups is 2. The molecule has 0 bridgehead atoms. The molecule has 0 atom stereocenters. The quantitative estimate of drug-likeness (QED) is 0.718. The van der Waals surface area contributed by atoms with E-state index in [2.05, 4.69) is 10.2 Å². The fraction of sp³-hybridized carbons (Fsp3) is 0.500. The van der Waals surface area contributed by atoms with Crippen molar-refractivity contribution in [1.82, 2.24) is 15.1 Å². The van der Waals surface area contributed by atoms with Gasteiger partial charge in [-0.25, -0.2) is 4.39 Å². The lowest BCUT2D eigenvalue weighted by atomic mass is 9.94. The molecule has 1 N–H and O–H groups in total. The molecule has 0 spiro atoms. The number of piperidine rings is 2. The second-order valence-electron chi connectivity index (χ2n) is 8.57. The Labute approximate surface area is 192 Å². The van der Waals surface area contributed by atoms with E-state index < -0.39 is 0 Å². The van der Waals surface area contributed by atoms with Gasteiger partial charge < -0.3 is 15.0 Å². The zero-order chi connectivity index (χ0) is 22.5. The lowest BCUT2D eigenvalue weighted by Crippen LogP contribution is -2.48. The van der Waals surface area contributed by atoms with E-state index in [1.165, 1.54) is 24.5 Å². The molecule has 1 aromatic carbocycles. The third-order valence-corrected chi connectivity index (χ3v) is 7.30. The van der Waals surface area contributed by atoms with Crippen LogP contribution >= 0.6 is 11.3 Å². The maximum Gasteiger partial charge on any atom is 0.263 e. The van der Waals surface area contributed by atoms with Crippen LogP contribution in [0, 0.1) is 11.7 Å². The van der Waals surface area contributed by atoms with Gasteiger partial charge in [-0.3, -0.25) is 14.5 Å². The molecule has 172 valence electrons. The number of benzene rings is 1. The van der Waals surface area contributed by atoms with Gasteiger partial charge in [-0.2, -0.15) is 0 Å². The summed E-state index contributed by atoms with van der Waals surface area (Å²) in [5, 5.41) is 5.14. The number of amides is 2. The summed E-state index contributed by atoms with van der Waals surface area (Å²) in [5.41, 5.74) is 0.926. The Morgan fingerprint density at radius 2 is 1.88 bits per heavy atom. The lowest BCUT2D eigenvalue weighted by molar-refractivity contribution is -0.127. The molecule has 32 heavy (non-hydrogen) atoms. The third kappa shape index (κ3) is 5.48. The molecule has 0 saturated carbocycles. The Balaban J connectivity index is 1.19. The van der Waals surface area contributed by atoms with Crippen molar-refractivity contribution < 1.29 is 18.7 Å². The highest BCUT2D eigenvalue weighted by atomic mass is 32.1. The van der Waals surface area contributed by atoms with Gasteiger partial charge in [0.05, 0.1) is 12.0 Å². The Bertz CT molecular complexity index is 921. The highest BCUT2D eigenvalue weighted by molar-refractivity contribution is 7.12. The summed E-state index contributed by atoms with van der Waals surface area (Å²) < 4.78 is 18.9. The van der Waals surface area contributed by atoms with Crippen LogP contribution in [-0.2, 0) is 11.3 Å². The number of likely N-dealkylation sites (tertiary alicyclic amines) is 2. The predicted molar refractivity (Wildman–Crippen MR) is 122 cm³/mol. The second kappa shape index (κ2) is 10.4. The van der Waals surface area contributed by atoms with Crippen LogP contribution in [0.4, 0.5) is 4.39 Å². The number of carbonyl (C=O) groups excluding carboxylic acids is 2. The molecule has 2 saturated heterocycles. The van der Waals surface area contributed by atoms with E-state index in [0.717, 1.165) is 36.4 Å². The summed E-state index contributed by atoms with van der Waals surface area (Å²) in [6.07, 6.45) is 3.20. The monoisotopic (exact) mass is 459 g/mol. The minimum absolute atomic E-state index is 0.0253. The summed E-state index contributed by atoms with van der Waals surface area (Å²) in [6.45, 7) is 3.69. The molecular formula is C24H30FN3O3S. The van der Waals surface area contributed by atoms with Crippen molar-refractivity contribution in [2.45, 2.75) is 38.3 Å². The molecule has 4 rings (SSSR count). The van der Waals surface area contributed by atoms with E-state index in [1.54, 1.807) is 6.07 Å². The molecule has 0 unspecified atom stereocenters. The third-order valence-electron chi connectivity index (χ3n) is 6.44. The Kier molecular flexibility index (Phi) is 7.42. The van der Waals surface area contributed by atoms with E-state index in [0.29, 0.717) is 32.5 Å². The zero-order valence-corrected chi connectivity index (χ0v) is 19.2. The number of nitrogens with one attached hydrogen (secondary N) is 1. The lowest BCUT2D eigenvalue weighted by Gasteiger charge is -2.35. The van der Waals surface area contributed by atoms with Crippen molar-refractivity contribution >= 4 is 23.2 Å². The molecule has 2 aliphatic heterocycles. The van der Waals surface area contributed by atoms with E-state index in [-0.39, 0.29) is 35.3 Å². The van der Waals surface area contributed by atoms with Crippen molar-refractivity contribution in [1.29, 1.82) is 0 Å². The topological polar surface area (TPSA) is 61.9 Å². The van der Waals surface area contributed by atoms with Gasteiger partial charge in [-0.05, 0) is 54.8 Å². The number of methoxy groups -OCH3 is 1. The fourth-order valence-electron chi connectivity index (χ4n) is 4.52. The first kappa shape index (κ1) is 22.7. The van der Waals surface area contributed by atoms with Crippen molar-refractivity contribution in [3.8, 4) is 5.75 Å². The summed E-state index contributed by atoms with van der Waals surface area (Å²) >= 11 is 1.46. The van der Waals surface area contributed by atoms with Gasteiger partial charge in [0.2, 0.25) is 5.91 Å². The number of hydrogen-bond acceptors (Lipinski definition) is 5. The van der Waals surface area contributed by atoms with E-state index in [9.17, 15) is 14.0 Å². The summed E-state index contributed by atoms with van der Waals surface area (Å²) in [7, 11) is 1.46. The average Bonchev–Trinajstić information content (AvgIpc) is 3.35. The number of nitrogens with zero attached hydrogens (tertiary/aromatic N) is 2. The molecule has 2 fully saturated rings. The number of halogens is 1. The molecule has 6 nitrogen and oxygen atoms in total. The van der Waals surface area contributed by atoms with Crippen LogP contribution in [0.5, 0.6) is 5.75 Å². The first-order chi connectivity index (χ1) is 15.5. The van der Waals surface area contributed by atoms with Crippen LogP contribution in [-0.4, -0.2) is 60.9 Å². The van der Waals surface area contributed by atoms with Crippen molar-refractivity contribution in [2.75, 3.05) is 33.3 Å². The second-order valence-corrected chi connectivity index (χ2v) is 9.52. The van der Waals surface area contributed by atoms with Gasteiger partial charge in [0, 0.05) is 44.7 Å². The molecule has 1 aromatic heterocycles. The molecule has 2 aromatic rings. The smallest absolute Gasteiger partial charge is 0.263 e. The standard InChI is InChI=1S/C24H30FN3O3S/c1-31-21-5-4-17(15-20(21)25)16-27-10-8-19(9-11-27)26-23(29)18-6-12-28(13-7-18)24(30)22-3-2-14-32-22/h2-5,14-15,18-19H,6-13,16H2,1H3,(H,26,29). The van der Waals surface area contributed by atoms with Crippen LogP contribution in [0.15, 0.2) is 35.7 Å². The maximum absolute atomic E-state index is 13.9. The molecule has 2 aliphatic rings. The number of hydrogen-bond donors (Lipinski definition) is 1.